The van der Waals surface area contributed by atoms with Crippen molar-refractivity contribution in [1.29, 1.82) is 0 Å². The van der Waals surface area contributed by atoms with Crippen LogP contribution in [0.15, 0.2) is 35.3 Å². The van der Waals surface area contributed by atoms with E-state index in [-0.39, 0.29) is 29.0 Å². The predicted molar refractivity (Wildman–Crippen MR) is 120 cm³/mol. The number of likely N-dealkylation sites (tertiary alicyclic amines) is 1. The van der Waals surface area contributed by atoms with Gasteiger partial charge < -0.3 is 9.64 Å². The molecule has 3 aromatic rings. The smallest absolute Gasteiger partial charge is 0.310 e. The number of piperidine rings is 1. The number of fused-ring (bicyclic) bond motifs is 1. The van der Waals surface area contributed by atoms with Crippen molar-refractivity contribution in [2.24, 2.45) is 5.92 Å². The van der Waals surface area contributed by atoms with Crippen LogP contribution < -0.4 is 5.56 Å². The minimum absolute atomic E-state index is 0.246. The van der Waals surface area contributed by atoms with Gasteiger partial charge in [-0.3, -0.25) is 19.5 Å². The molecule has 1 fully saturated rings. The van der Waals surface area contributed by atoms with Crippen molar-refractivity contribution in [1.82, 2.24) is 19.5 Å². The molecule has 0 bridgehead atoms. The Bertz CT molecular complexity index is 1220. The van der Waals surface area contributed by atoms with Crippen molar-refractivity contribution in [3.63, 3.8) is 0 Å². The number of aryl methyl sites for hydroxylation is 1. The number of H-pyrrole nitrogens is 1. The van der Waals surface area contributed by atoms with Crippen molar-refractivity contribution in [2.75, 3.05) is 19.7 Å². The third-order valence-corrected chi connectivity index (χ3v) is 6.07. The zero-order valence-electron chi connectivity index (χ0n) is 18.1. The molecule has 1 amide bonds. The topological polar surface area (TPSA) is 96.8 Å². The Morgan fingerprint density at radius 2 is 2.03 bits per heavy atom. The van der Waals surface area contributed by atoms with Gasteiger partial charge in [0.2, 0.25) is 0 Å². The molecule has 1 N–H and O–H groups in total. The molecular formula is C23H25ClN4O4. The normalized spacial score (nSPS) is 16.3. The van der Waals surface area contributed by atoms with E-state index in [2.05, 4.69) is 10.1 Å². The number of hydrogen-bond acceptors (Lipinski definition) is 5. The van der Waals surface area contributed by atoms with Crippen LogP contribution in [-0.2, 0) is 16.0 Å². The molecule has 1 aromatic carbocycles. The first-order valence-electron chi connectivity index (χ1n) is 10.7. The number of carbonyl (C=O) groups excluding carboxylic acids is 2. The molecule has 4 rings (SSSR count). The van der Waals surface area contributed by atoms with Crippen LogP contribution in [0, 0.1) is 12.8 Å². The van der Waals surface area contributed by atoms with E-state index in [9.17, 15) is 14.4 Å². The minimum Gasteiger partial charge on any atom is -0.466 e. The number of amides is 1. The summed E-state index contributed by atoms with van der Waals surface area (Å²) >= 11 is 5.95. The van der Waals surface area contributed by atoms with Gasteiger partial charge in [0.05, 0.1) is 12.5 Å². The SMILES string of the molecule is CCOC(=O)[C@H]1CCCN(C(=O)c2c[nH]n3c(=O)c(Cc4ccc(Cl)cc4)c(C)nc23)C1. The molecule has 0 spiro atoms. The first-order valence-corrected chi connectivity index (χ1v) is 11.1. The summed E-state index contributed by atoms with van der Waals surface area (Å²) in [4.78, 5) is 44.7. The summed E-state index contributed by atoms with van der Waals surface area (Å²) in [5.74, 6) is -0.864. The van der Waals surface area contributed by atoms with E-state index in [4.69, 9.17) is 16.3 Å². The lowest BCUT2D eigenvalue weighted by atomic mass is 9.97. The van der Waals surface area contributed by atoms with E-state index in [1.807, 2.05) is 12.1 Å². The fourth-order valence-electron chi connectivity index (χ4n) is 4.11. The monoisotopic (exact) mass is 456 g/mol. The third-order valence-electron chi connectivity index (χ3n) is 5.82. The molecule has 168 valence electrons. The average molecular weight is 457 g/mol. The Hall–Kier alpha value is -3.13. The van der Waals surface area contributed by atoms with Crippen LogP contribution in [0.4, 0.5) is 0 Å². The highest BCUT2D eigenvalue weighted by atomic mass is 35.5. The van der Waals surface area contributed by atoms with Gasteiger partial charge in [-0.1, -0.05) is 23.7 Å². The quantitative estimate of drug-likeness (QED) is 0.595. The molecule has 2 aromatic heterocycles. The predicted octanol–water partition coefficient (Wildman–Crippen LogP) is 2.99. The number of rotatable bonds is 5. The second-order valence-electron chi connectivity index (χ2n) is 7.97. The fourth-order valence-corrected chi connectivity index (χ4v) is 4.23. The van der Waals surface area contributed by atoms with E-state index in [1.54, 1.807) is 30.9 Å². The lowest BCUT2D eigenvalue weighted by molar-refractivity contribution is -0.149. The molecule has 1 atom stereocenters. The molecule has 1 aliphatic heterocycles. The highest BCUT2D eigenvalue weighted by Crippen LogP contribution is 2.21. The van der Waals surface area contributed by atoms with Crippen LogP contribution >= 0.6 is 11.6 Å². The number of aromatic nitrogens is 3. The van der Waals surface area contributed by atoms with Gasteiger partial charge in [-0.2, -0.15) is 0 Å². The molecule has 0 radical (unpaired) electrons. The third kappa shape index (κ3) is 4.27. The maximum atomic E-state index is 13.2. The lowest BCUT2D eigenvalue weighted by Gasteiger charge is -2.31. The van der Waals surface area contributed by atoms with Crippen LogP contribution in [-0.4, -0.2) is 51.1 Å². The number of halogens is 1. The number of esters is 1. The number of aromatic amines is 1. The van der Waals surface area contributed by atoms with E-state index in [0.717, 1.165) is 12.0 Å². The molecule has 0 unspecified atom stereocenters. The molecule has 0 saturated carbocycles. The first kappa shape index (κ1) is 22.1. The van der Waals surface area contributed by atoms with Gasteiger partial charge in [0.25, 0.3) is 11.5 Å². The molecule has 1 saturated heterocycles. The first-order chi connectivity index (χ1) is 15.4. The van der Waals surface area contributed by atoms with Gasteiger partial charge in [-0.25, -0.2) is 9.50 Å². The molecule has 0 aliphatic carbocycles. The van der Waals surface area contributed by atoms with Gasteiger partial charge in [0.1, 0.15) is 5.56 Å². The van der Waals surface area contributed by atoms with Crippen molar-refractivity contribution in [3.05, 3.63) is 68.2 Å². The summed E-state index contributed by atoms with van der Waals surface area (Å²) in [6.07, 6.45) is 3.33. The molecule has 1 aliphatic rings. The Labute approximate surface area is 190 Å². The van der Waals surface area contributed by atoms with Crippen molar-refractivity contribution in [3.8, 4) is 0 Å². The maximum Gasteiger partial charge on any atom is 0.310 e. The Morgan fingerprint density at radius 1 is 1.28 bits per heavy atom. The maximum absolute atomic E-state index is 13.2. The van der Waals surface area contributed by atoms with Gasteiger partial charge in [0.15, 0.2) is 5.65 Å². The van der Waals surface area contributed by atoms with Gasteiger partial charge >= 0.3 is 5.97 Å². The minimum atomic E-state index is -0.332. The van der Waals surface area contributed by atoms with Gasteiger partial charge in [0, 0.05) is 42.0 Å². The van der Waals surface area contributed by atoms with Crippen LogP contribution in [0.25, 0.3) is 5.65 Å². The van der Waals surface area contributed by atoms with Crippen molar-refractivity contribution in [2.45, 2.75) is 33.1 Å². The number of benzene rings is 1. The largest absolute Gasteiger partial charge is 0.466 e. The van der Waals surface area contributed by atoms with E-state index in [1.165, 1.54) is 10.7 Å². The van der Waals surface area contributed by atoms with E-state index < -0.39 is 0 Å². The van der Waals surface area contributed by atoms with Crippen LogP contribution in [0.3, 0.4) is 0 Å². The van der Waals surface area contributed by atoms with E-state index in [0.29, 0.717) is 54.4 Å². The van der Waals surface area contributed by atoms with Crippen molar-refractivity contribution < 1.29 is 14.3 Å². The number of carbonyl (C=O) groups is 2. The Morgan fingerprint density at radius 3 is 2.75 bits per heavy atom. The van der Waals surface area contributed by atoms with Gasteiger partial charge in [-0.15, -0.1) is 0 Å². The number of nitrogens with one attached hydrogen (secondary N) is 1. The molecule has 3 heterocycles. The number of ether oxygens (including phenoxy) is 1. The standard InChI is InChI=1S/C23H25ClN4O4/c1-3-32-23(31)16-5-4-10-27(13-16)21(29)19-12-25-28-20(19)26-14(2)18(22(28)30)11-15-6-8-17(24)9-7-15/h6-9,12,16,25H,3-5,10-11,13H2,1-2H3/t16-/m0/s1. The molecule has 9 heteroatoms. The molecule has 8 nitrogen and oxygen atoms in total. The second-order valence-corrected chi connectivity index (χ2v) is 8.41. The summed E-state index contributed by atoms with van der Waals surface area (Å²) in [6.45, 7) is 4.70. The van der Waals surface area contributed by atoms with Crippen LogP contribution in [0.1, 0.15) is 46.9 Å². The summed E-state index contributed by atoms with van der Waals surface area (Å²) in [5.41, 5.74) is 2.41. The number of nitrogens with zero attached hydrogens (tertiary/aromatic N) is 3. The number of hydrogen-bond donors (Lipinski definition) is 1. The zero-order chi connectivity index (χ0) is 22.8. The molecule has 32 heavy (non-hydrogen) atoms. The van der Waals surface area contributed by atoms with Crippen LogP contribution in [0.5, 0.6) is 0 Å². The van der Waals surface area contributed by atoms with E-state index >= 15 is 0 Å². The van der Waals surface area contributed by atoms with Gasteiger partial charge in [-0.05, 0) is 44.4 Å². The lowest BCUT2D eigenvalue weighted by Crippen LogP contribution is -2.42. The highest BCUT2D eigenvalue weighted by Gasteiger charge is 2.31. The fraction of sp³-hybridized carbons (Fsp3) is 0.391. The van der Waals surface area contributed by atoms with Crippen LogP contribution in [0.2, 0.25) is 5.02 Å². The Kier molecular flexibility index (Phi) is 6.32. The summed E-state index contributed by atoms with van der Waals surface area (Å²) in [7, 11) is 0. The summed E-state index contributed by atoms with van der Waals surface area (Å²) < 4.78 is 6.43. The van der Waals surface area contributed by atoms with Crippen molar-refractivity contribution >= 4 is 29.1 Å². The highest BCUT2D eigenvalue weighted by molar-refractivity contribution is 6.30. The second kappa shape index (κ2) is 9.16. The zero-order valence-corrected chi connectivity index (χ0v) is 18.8. The molecular weight excluding hydrogens is 432 g/mol. The summed E-state index contributed by atoms with van der Waals surface area (Å²) in [5, 5.41) is 3.51. The average Bonchev–Trinajstić information content (AvgIpc) is 3.21. The Balaban J connectivity index is 1.62. The summed E-state index contributed by atoms with van der Waals surface area (Å²) in [6, 6.07) is 7.30.